The van der Waals surface area contributed by atoms with E-state index in [9.17, 15) is 0 Å². The van der Waals surface area contributed by atoms with Gasteiger partial charge in [0.25, 0.3) is 0 Å². The Hall–Kier alpha value is -1.52. The van der Waals surface area contributed by atoms with Gasteiger partial charge in [-0.25, -0.2) is 4.98 Å². The molecular formula is C15H26N4O. The summed E-state index contributed by atoms with van der Waals surface area (Å²) in [6.45, 7) is 7.17. The largest absolute Gasteiger partial charge is 0.473 e. The van der Waals surface area contributed by atoms with Gasteiger partial charge in [0, 0.05) is 6.54 Å². The summed E-state index contributed by atoms with van der Waals surface area (Å²) in [5, 5.41) is 3.36. The van der Waals surface area contributed by atoms with Crippen LogP contribution in [0.4, 0.5) is 11.5 Å². The van der Waals surface area contributed by atoms with E-state index in [1.807, 2.05) is 13.8 Å². The summed E-state index contributed by atoms with van der Waals surface area (Å²) in [7, 11) is 0. The third kappa shape index (κ3) is 3.99. The standard InChI is InChI=1S/C15H26N4O/c1-10(2)20-15-13(16)14(18-9-19-15)17-8-12-6-4-11(3)5-7-12/h9-12H,4-8,16H2,1-3H3,(H,17,18,19). The first-order valence-electron chi connectivity index (χ1n) is 7.57. The van der Waals surface area contributed by atoms with Gasteiger partial charge >= 0.3 is 0 Å². The molecule has 1 heterocycles. The fourth-order valence-electron chi connectivity index (χ4n) is 2.61. The Morgan fingerprint density at radius 1 is 1.30 bits per heavy atom. The van der Waals surface area contributed by atoms with Gasteiger partial charge in [-0.15, -0.1) is 0 Å². The smallest absolute Gasteiger partial charge is 0.242 e. The third-order valence-electron chi connectivity index (χ3n) is 3.89. The van der Waals surface area contributed by atoms with E-state index in [2.05, 4.69) is 22.2 Å². The highest BCUT2D eigenvalue weighted by Gasteiger charge is 2.19. The SMILES string of the molecule is CC1CCC(CNc2ncnc(OC(C)C)c2N)CC1. The van der Waals surface area contributed by atoms with Crippen LogP contribution >= 0.6 is 0 Å². The van der Waals surface area contributed by atoms with Crippen molar-refractivity contribution in [2.75, 3.05) is 17.6 Å². The van der Waals surface area contributed by atoms with Gasteiger partial charge in [0.15, 0.2) is 5.82 Å². The lowest BCUT2D eigenvalue weighted by Gasteiger charge is -2.26. The molecular weight excluding hydrogens is 252 g/mol. The van der Waals surface area contributed by atoms with E-state index in [0.29, 0.717) is 17.4 Å². The van der Waals surface area contributed by atoms with Gasteiger partial charge in [-0.05, 0) is 38.5 Å². The minimum absolute atomic E-state index is 0.0554. The summed E-state index contributed by atoms with van der Waals surface area (Å²) >= 11 is 0. The molecule has 1 fully saturated rings. The first kappa shape index (κ1) is 14.9. The Bertz CT molecular complexity index is 428. The van der Waals surface area contributed by atoms with E-state index >= 15 is 0 Å². The number of hydrogen-bond donors (Lipinski definition) is 2. The molecule has 5 heteroatoms. The predicted octanol–water partition coefficient (Wildman–Crippen LogP) is 3.08. The second kappa shape index (κ2) is 6.77. The van der Waals surface area contributed by atoms with Gasteiger partial charge in [-0.2, -0.15) is 4.98 Å². The molecule has 1 aliphatic carbocycles. The van der Waals surface area contributed by atoms with Crippen LogP contribution in [-0.4, -0.2) is 22.6 Å². The molecule has 1 aromatic heterocycles. The average molecular weight is 278 g/mol. The van der Waals surface area contributed by atoms with E-state index in [4.69, 9.17) is 10.5 Å². The Kier molecular flexibility index (Phi) is 5.04. The minimum atomic E-state index is 0.0554. The maximum Gasteiger partial charge on any atom is 0.242 e. The van der Waals surface area contributed by atoms with Gasteiger partial charge in [0.05, 0.1) is 6.10 Å². The van der Waals surface area contributed by atoms with E-state index in [1.165, 1.54) is 32.0 Å². The summed E-state index contributed by atoms with van der Waals surface area (Å²) in [5.74, 6) is 2.75. The topological polar surface area (TPSA) is 73.1 Å². The summed E-state index contributed by atoms with van der Waals surface area (Å²) < 4.78 is 5.58. The highest BCUT2D eigenvalue weighted by Crippen LogP contribution is 2.30. The highest BCUT2D eigenvalue weighted by atomic mass is 16.5. The summed E-state index contributed by atoms with van der Waals surface area (Å²) in [6.07, 6.45) is 6.78. The van der Waals surface area contributed by atoms with Crippen molar-refractivity contribution >= 4 is 11.5 Å². The second-order valence-electron chi connectivity index (χ2n) is 6.11. The highest BCUT2D eigenvalue weighted by molar-refractivity contribution is 5.66. The molecule has 0 aromatic carbocycles. The fraction of sp³-hybridized carbons (Fsp3) is 0.733. The molecule has 0 aliphatic heterocycles. The number of ether oxygens (including phenoxy) is 1. The van der Waals surface area contributed by atoms with Crippen LogP contribution in [0.1, 0.15) is 46.5 Å². The average Bonchev–Trinajstić information content (AvgIpc) is 2.41. The molecule has 0 atom stereocenters. The Morgan fingerprint density at radius 2 is 2.00 bits per heavy atom. The number of anilines is 2. The molecule has 0 saturated heterocycles. The predicted molar refractivity (Wildman–Crippen MR) is 81.8 cm³/mol. The number of hydrogen-bond acceptors (Lipinski definition) is 5. The Morgan fingerprint density at radius 3 is 2.65 bits per heavy atom. The Balaban J connectivity index is 1.92. The van der Waals surface area contributed by atoms with Crippen molar-refractivity contribution in [3.63, 3.8) is 0 Å². The van der Waals surface area contributed by atoms with Crippen molar-refractivity contribution in [2.24, 2.45) is 11.8 Å². The van der Waals surface area contributed by atoms with Crippen LogP contribution in [0.5, 0.6) is 5.88 Å². The van der Waals surface area contributed by atoms with Crippen LogP contribution in [0.25, 0.3) is 0 Å². The van der Waals surface area contributed by atoms with E-state index in [0.717, 1.165) is 18.4 Å². The number of nitrogen functional groups attached to an aromatic ring is 1. The fourth-order valence-corrected chi connectivity index (χ4v) is 2.61. The van der Waals surface area contributed by atoms with Crippen LogP contribution in [0.15, 0.2) is 6.33 Å². The molecule has 1 aromatic rings. The number of rotatable bonds is 5. The van der Waals surface area contributed by atoms with Crippen molar-refractivity contribution in [2.45, 2.75) is 52.6 Å². The normalized spacial score (nSPS) is 22.8. The minimum Gasteiger partial charge on any atom is -0.473 e. The lowest BCUT2D eigenvalue weighted by Crippen LogP contribution is -2.21. The molecule has 0 unspecified atom stereocenters. The van der Waals surface area contributed by atoms with Crippen molar-refractivity contribution < 1.29 is 4.74 Å². The first-order chi connectivity index (χ1) is 9.56. The lowest BCUT2D eigenvalue weighted by molar-refractivity contribution is 0.234. The molecule has 0 spiro atoms. The maximum atomic E-state index is 6.06. The number of nitrogens with two attached hydrogens (primary N) is 1. The molecule has 1 aliphatic rings. The zero-order chi connectivity index (χ0) is 14.5. The van der Waals surface area contributed by atoms with Crippen LogP contribution in [0, 0.1) is 11.8 Å². The summed E-state index contributed by atoms with van der Waals surface area (Å²) in [6, 6.07) is 0. The van der Waals surface area contributed by atoms with Crippen molar-refractivity contribution in [1.82, 2.24) is 9.97 Å². The van der Waals surface area contributed by atoms with Crippen LogP contribution in [0.2, 0.25) is 0 Å². The van der Waals surface area contributed by atoms with Crippen molar-refractivity contribution in [1.29, 1.82) is 0 Å². The number of nitrogens with one attached hydrogen (secondary N) is 1. The monoisotopic (exact) mass is 278 g/mol. The second-order valence-corrected chi connectivity index (χ2v) is 6.11. The van der Waals surface area contributed by atoms with Gasteiger partial charge in [-0.1, -0.05) is 19.8 Å². The quantitative estimate of drug-likeness (QED) is 0.866. The van der Waals surface area contributed by atoms with Crippen LogP contribution in [0.3, 0.4) is 0 Å². The van der Waals surface area contributed by atoms with Crippen molar-refractivity contribution in [3.05, 3.63) is 6.33 Å². The molecule has 2 rings (SSSR count). The van der Waals surface area contributed by atoms with E-state index in [-0.39, 0.29) is 6.10 Å². The van der Waals surface area contributed by atoms with E-state index < -0.39 is 0 Å². The molecule has 20 heavy (non-hydrogen) atoms. The number of nitrogens with zero attached hydrogens (tertiary/aromatic N) is 2. The molecule has 0 bridgehead atoms. The number of aromatic nitrogens is 2. The summed E-state index contributed by atoms with van der Waals surface area (Å²) in [4.78, 5) is 8.30. The zero-order valence-electron chi connectivity index (χ0n) is 12.7. The lowest BCUT2D eigenvalue weighted by atomic mass is 9.83. The maximum absolute atomic E-state index is 6.06. The van der Waals surface area contributed by atoms with Gasteiger partial charge in [0.1, 0.15) is 12.0 Å². The third-order valence-corrected chi connectivity index (χ3v) is 3.89. The molecule has 112 valence electrons. The van der Waals surface area contributed by atoms with E-state index in [1.54, 1.807) is 0 Å². The molecule has 3 N–H and O–H groups in total. The van der Waals surface area contributed by atoms with Gasteiger partial charge in [0.2, 0.25) is 5.88 Å². The van der Waals surface area contributed by atoms with Crippen LogP contribution in [-0.2, 0) is 0 Å². The van der Waals surface area contributed by atoms with Crippen molar-refractivity contribution in [3.8, 4) is 5.88 Å². The molecule has 0 amide bonds. The Labute approximate surface area is 121 Å². The first-order valence-corrected chi connectivity index (χ1v) is 7.57. The molecule has 5 nitrogen and oxygen atoms in total. The van der Waals surface area contributed by atoms with Gasteiger partial charge < -0.3 is 15.8 Å². The zero-order valence-corrected chi connectivity index (χ0v) is 12.7. The molecule has 1 saturated carbocycles. The van der Waals surface area contributed by atoms with Gasteiger partial charge in [-0.3, -0.25) is 0 Å². The molecule has 0 radical (unpaired) electrons. The summed E-state index contributed by atoms with van der Waals surface area (Å²) in [5.41, 5.74) is 6.56. The van der Waals surface area contributed by atoms with Crippen LogP contribution < -0.4 is 15.8 Å².